The van der Waals surface area contributed by atoms with Crippen LogP contribution in [0.4, 0.5) is 0 Å². The molecule has 0 spiro atoms. The van der Waals surface area contributed by atoms with Gasteiger partial charge in [-0.15, -0.1) is 11.3 Å². The molecule has 0 aliphatic carbocycles. The largest absolute Gasteiger partial charge is 0.449 e. The molecule has 0 saturated heterocycles. The summed E-state index contributed by atoms with van der Waals surface area (Å²) >= 11 is 1.45. The number of carbonyl (C=O) groups excluding carboxylic acids is 1. The topological polar surface area (TPSA) is 94.4 Å². The molecule has 4 aromatic rings. The number of nitrogens with zero attached hydrogens (tertiary/aromatic N) is 1. The average molecular weight is 412 g/mol. The lowest BCUT2D eigenvalue weighted by Gasteiger charge is -2.12. The monoisotopic (exact) mass is 412 g/mol. The number of furan rings is 1. The summed E-state index contributed by atoms with van der Waals surface area (Å²) in [5, 5.41) is 1.38. The van der Waals surface area contributed by atoms with Crippen molar-refractivity contribution in [1.29, 1.82) is 0 Å². The van der Waals surface area contributed by atoms with Crippen molar-refractivity contribution < 1.29 is 18.7 Å². The maximum absolute atomic E-state index is 12.8. The van der Waals surface area contributed by atoms with Crippen LogP contribution >= 0.6 is 11.3 Å². The zero-order valence-corrected chi connectivity index (χ0v) is 17.3. The van der Waals surface area contributed by atoms with E-state index in [4.69, 9.17) is 13.9 Å². The van der Waals surface area contributed by atoms with Crippen LogP contribution in [0.3, 0.4) is 0 Å². The van der Waals surface area contributed by atoms with Gasteiger partial charge in [-0.05, 0) is 32.4 Å². The predicted molar refractivity (Wildman–Crippen MR) is 110 cm³/mol. The molecule has 0 bridgehead atoms. The molecule has 0 unspecified atom stereocenters. The number of methoxy groups -OCH3 is 1. The minimum absolute atomic E-state index is 0.0890. The van der Waals surface area contributed by atoms with Crippen LogP contribution in [0.25, 0.3) is 21.2 Å². The molecule has 1 N–H and O–H groups in total. The van der Waals surface area contributed by atoms with Gasteiger partial charge >= 0.3 is 5.97 Å². The van der Waals surface area contributed by atoms with Crippen LogP contribution < -0.4 is 5.56 Å². The van der Waals surface area contributed by atoms with Gasteiger partial charge in [0.2, 0.25) is 5.76 Å². The summed E-state index contributed by atoms with van der Waals surface area (Å²) in [5.74, 6) is -0.255. The van der Waals surface area contributed by atoms with Gasteiger partial charge in [0.05, 0.1) is 12.0 Å². The van der Waals surface area contributed by atoms with E-state index in [2.05, 4.69) is 9.97 Å². The van der Waals surface area contributed by atoms with Crippen LogP contribution in [0.5, 0.6) is 0 Å². The summed E-state index contributed by atoms with van der Waals surface area (Å²) in [4.78, 5) is 34.2. The molecule has 8 heteroatoms. The molecule has 0 fully saturated rings. The highest BCUT2D eigenvalue weighted by atomic mass is 32.1. The number of ether oxygens (including phenoxy) is 2. The minimum Gasteiger partial charge on any atom is -0.449 e. The van der Waals surface area contributed by atoms with E-state index in [-0.39, 0.29) is 17.9 Å². The lowest BCUT2D eigenvalue weighted by Crippen LogP contribution is -2.17. The van der Waals surface area contributed by atoms with Crippen molar-refractivity contribution in [2.45, 2.75) is 33.5 Å². The molecule has 29 heavy (non-hydrogen) atoms. The molecule has 3 aromatic heterocycles. The van der Waals surface area contributed by atoms with Gasteiger partial charge in [-0.25, -0.2) is 9.78 Å². The van der Waals surface area contributed by atoms with E-state index in [0.717, 1.165) is 15.8 Å². The lowest BCUT2D eigenvalue weighted by molar-refractivity contribution is 0.0281. The third-order valence-corrected chi connectivity index (χ3v) is 6.00. The summed E-state index contributed by atoms with van der Waals surface area (Å²) in [6.07, 6.45) is -0.758. The summed E-state index contributed by atoms with van der Waals surface area (Å²) in [7, 11) is 1.55. The van der Waals surface area contributed by atoms with E-state index in [9.17, 15) is 9.59 Å². The second-order valence-electron chi connectivity index (χ2n) is 6.80. The van der Waals surface area contributed by atoms with Crippen molar-refractivity contribution >= 4 is 38.5 Å². The Morgan fingerprint density at radius 3 is 2.83 bits per heavy atom. The number of H-pyrrole nitrogens is 1. The van der Waals surface area contributed by atoms with Gasteiger partial charge in [-0.3, -0.25) is 4.79 Å². The number of hydrogen-bond donors (Lipinski definition) is 1. The molecule has 3 heterocycles. The first-order chi connectivity index (χ1) is 13.9. The highest BCUT2D eigenvalue weighted by molar-refractivity contribution is 7.18. The summed E-state index contributed by atoms with van der Waals surface area (Å²) in [5.41, 5.74) is 1.89. The Morgan fingerprint density at radius 1 is 1.31 bits per heavy atom. The standard InChI is InChI=1S/C21H20N2O5S/c1-10-12(3)29-20-16(10)19(24)22-18(23-20)11(2)27-21(25)17-14(9-26-4)13-7-5-6-8-15(13)28-17/h5-8,11H,9H2,1-4H3,(H,22,23,24)/t11-/m0/s1. The number of esters is 1. The van der Waals surface area contributed by atoms with Crippen molar-refractivity contribution in [3.05, 3.63) is 62.2 Å². The number of hydrogen-bond acceptors (Lipinski definition) is 7. The van der Waals surface area contributed by atoms with Crippen LogP contribution in [0.1, 0.15) is 45.4 Å². The second-order valence-corrected chi connectivity index (χ2v) is 8.00. The van der Waals surface area contributed by atoms with Gasteiger partial charge in [-0.2, -0.15) is 0 Å². The van der Waals surface area contributed by atoms with Crippen molar-refractivity contribution in [2.24, 2.45) is 0 Å². The Labute approximate surface area is 170 Å². The normalized spacial score (nSPS) is 12.6. The number of aromatic amines is 1. The average Bonchev–Trinajstić information content (AvgIpc) is 3.20. The van der Waals surface area contributed by atoms with Crippen molar-refractivity contribution in [1.82, 2.24) is 9.97 Å². The first-order valence-electron chi connectivity index (χ1n) is 9.11. The Kier molecular flexibility index (Phi) is 4.97. The third-order valence-electron chi connectivity index (χ3n) is 4.90. The molecule has 0 aliphatic heterocycles. The van der Waals surface area contributed by atoms with Gasteiger partial charge in [-0.1, -0.05) is 18.2 Å². The van der Waals surface area contributed by atoms with Crippen LogP contribution in [0, 0.1) is 13.8 Å². The molecule has 1 aromatic carbocycles. The Bertz CT molecular complexity index is 1280. The molecule has 0 saturated carbocycles. The second kappa shape index (κ2) is 7.46. The van der Waals surface area contributed by atoms with Gasteiger partial charge in [0, 0.05) is 22.9 Å². The van der Waals surface area contributed by atoms with Gasteiger partial charge < -0.3 is 18.9 Å². The molecule has 0 amide bonds. The van der Waals surface area contributed by atoms with E-state index < -0.39 is 12.1 Å². The van der Waals surface area contributed by atoms with E-state index >= 15 is 0 Å². The fourth-order valence-electron chi connectivity index (χ4n) is 3.29. The molecule has 150 valence electrons. The van der Waals surface area contributed by atoms with Crippen LogP contribution in [-0.2, 0) is 16.1 Å². The van der Waals surface area contributed by atoms with Crippen molar-refractivity contribution in [3.8, 4) is 0 Å². The van der Waals surface area contributed by atoms with E-state index in [1.165, 1.54) is 11.3 Å². The number of benzene rings is 1. The van der Waals surface area contributed by atoms with Gasteiger partial charge in [0.25, 0.3) is 5.56 Å². The maximum atomic E-state index is 12.8. The van der Waals surface area contributed by atoms with Gasteiger partial charge in [0.15, 0.2) is 11.9 Å². The number of thiophene rings is 1. The SMILES string of the molecule is COCc1c(C(=O)O[C@@H](C)c2nc3sc(C)c(C)c3c(=O)[nH]2)oc2ccccc12. The molecular weight excluding hydrogens is 392 g/mol. The number of aromatic nitrogens is 2. The Balaban J connectivity index is 1.67. The van der Waals surface area contributed by atoms with Crippen molar-refractivity contribution in [3.63, 3.8) is 0 Å². The maximum Gasteiger partial charge on any atom is 0.375 e. The molecule has 1 atom stereocenters. The molecule has 0 radical (unpaired) electrons. The highest BCUT2D eigenvalue weighted by Crippen LogP contribution is 2.29. The number of rotatable bonds is 5. The Hall–Kier alpha value is -2.97. The minimum atomic E-state index is -0.758. The number of carbonyl (C=O) groups is 1. The zero-order chi connectivity index (χ0) is 20.7. The van der Waals surface area contributed by atoms with Gasteiger partial charge in [0.1, 0.15) is 10.4 Å². The highest BCUT2D eigenvalue weighted by Gasteiger charge is 2.25. The third kappa shape index (κ3) is 3.34. The molecule has 7 nitrogen and oxygen atoms in total. The van der Waals surface area contributed by atoms with Crippen molar-refractivity contribution in [2.75, 3.05) is 7.11 Å². The van der Waals surface area contributed by atoms with Crippen LogP contribution in [0.2, 0.25) is 0 Å². The van der Waals surface area contributed by atoms with Crippen LogP contribution in [0.15, 0.2) is 33.5 Å². The fraction of sp³-hybridized carbons (Fsp3) is 0.286. The van der Waals surface area contributed by atoms with E-state index in [1.54, 1.807) is 20.1 Å². The number of fused-ring (bicyclic) bond motifs is 2. The zero-order valence-electron chi connectivity index (χ0n) is 16.5. The molecular formula is C21H20N2O5S. The number of aryl methyl sites for hydroxylation is 2. The number of para-hydroxylation sites is 1. The van der Waals surface area contributed by atoms with E-state index in [1.807, 2.05) is 32.0 Å². The Morgan fingerprint density at radius 2 is 2.07 bits per heavy atom. The van der Waals surface area contributed by atoms with Crippen LogP contribution in [-0.4, -0.2) is 23.0 Å². The van der Waals surface area contributed by atoms with E-state index in [0.29, 0.717) is 27.2 Å². The summed E-state index contributed by atoms with van der Waals surface area (Å²) < 4.78 is 16.5. The number of nitrogens with one attached hydrogen (secondary N) is 1. The summed E-state index contributed by atoms with van der Waals surface area (Å²) in [6.45, 7) is 5.72. The smallest absolute Gasteiger partial charge is 0.375 e. The lowest BCUT2D eigenvalue weighted by atomic mass is 10.1. The first kappa shape index (κ1) is 19.4. The predicted octanol–water partition coefficient (Wildman–Crippen LogP) is 4.41. The summed E-state index contributed by atoms with van der Waals surface area (Å²) in [6, 6.07) is 7.34. The quantitative estimate of drug-likeness (QED) is 0.488. The molecule has 0 aliphatic rings. The fourth-order valence-corrected chi connectivity index (χ4v) is 4.32. The molecule has 4 rings (SSSR count). The first-order valence-corrected chi connectivity index (χ1v) is 9.92.